The molecule has 4 saturated heterocycles. The number of aliphatic hydroxyl groups is 1. The predicted molar refractivity (Wildman–Crippen MR) is 180 cm³/mol. The number of aliphatic hydroxyl groups excluding tert-OH is 1. The monoisotopic (exact) mass is 691 g/mol. The Morgan fingerprint density at radius 3 is 2.52 bits per heavy atom. The number of ether oxygens (including phenoxy) is 2. The number of alkyl halides is 1. The summed E-state index contributed by atoms with van der Waals surface area (Å²) in [6.45, 7) is 5.90. The molecule has 5 aliphatic rings. The van der Waals surface area contributed by atoms with Gasteiger partial charge in [0.2, 0.25) is 5.88 Å². The van der Waals surface area contributed by atoms with Crippen LogP contribution in [0, 0.1) is 23.0 Å². The number of benzene rings is 2. The van der Waals surface area contributed by atoms with Crippen molar-refractivity contribution in [1.82, 2.24) is 19.8 Å². The second-order valence-electron chi connectivity index (χ2n) is 14.1. The summed E-state index contributed by atoms with van der Waals surface area (Å²) in [6, 6.07) is 5.33. The summed E-state index contributed by atoms with van der Waals surface area (Å²) < 4.78 is 61.9. The summed E-state index contributed by atoms with van der Waals surface area (Å²) in [4.78, 5) is 15.9. The van der Waals surface area contributed by atoms with Gasteiger partial charge in [-0.25, -0.2) is 13.2 Å². The number of nitrogens with zero attached hydrogens (tertiary/aromatic N) is 6. The molecule has 2 bridgehead atoms. The van der Waals surface area contributed by atoms with E-state index in [1.165, 1.54) is 32.1 Å². The molecule has 50 heavy (non-hydrogen) atoms. The van der Waals surface area contributed by atoms with Crippen molar-refractivity contribution in [2.75, 3.05) is 50.5 Å². The quantitative estimate of drug-likeness (QED) is 0.291. The average Bonchev–Trinajstić information content (AvgIpc) is 3.90. The molecule has 3 N–H and O–H groups in total. The maximum Gasteiger partial charge on any atom is 0.318 e. The summed E-state index contributed by atoms with van der Waals surface area (Å²) in [5.41, 5.74) is 7.01. The molecule has 5 atom stereocenters. The first-order chi connectivity index (χ1) is 24.2. The van der Waals surface area contributed by atoms with Crippen LogP contribution in [0.4, 0.5) is 24.9 Å². The van der Waals surface area contributed by atoms with Crippen LogP contribution < -0.4 is 15.4 Å². The van der Waals surface area contributed by atoms with Crippen molar-refractivity contribution in [2.24, 2.45) is 0 Å². The normalized spacial score (nSPS) is 25.1. The Labute approximate surface area is 287 Å². The van der Waals surface area contributed by atoms with E-state index in [0.717, 1.165) is 38.9 Å². The van der Waals surface area contributed by atoms with E-state index in [1.807, 2.05) is 6.07 Å². The van der Waals surface area contributed by atoms with Crippen LogP contribution in [-0.2, 0) is 18.0 Å². The van der Waals surface area contributed by atoms with Gasteiger partial charge in [0.05, 0.1) is 37.2 Å². The van der Waals surface area contributed by atoms with Gasteiger partial charge in [-0.15, -0.1) is 0 Å². The molecule has 9 rings (SSSR count). The third kappa shape index (κ3) is 5.42. The number of halogens is 3. The molecule has 5 aliphatic heterocycles. The highest BCUT2D eigenvalue weighted by Crippen LogP contribution is 2.48. The molecule has 2 aromatic heterocycles. The molecule has 4 fully saturated rings. The minimum atomic E-state index is -0.763. The Bertz CT molecular complexity index is 1990. The summed E-state index contributed by atoms with van der Waals surface area (Å²) in [5, 5.41) is 20.4. The fourth-order valence-electron chi connectivity index (χ4n) is 8.96. The molecular weight excluding hydrogens is 651 g/mol. The third-order valence-electron chi connectivity index (χ3n) is 10.9. The lowest BCUT2D eigenvalue weighted by Gasteiger charge is -2.42. The van der Waals surface area contributed by atoms with Crippen molar-refractivity contribution in [2.45, 2.75) is 82.6 Å². The van der Waals surface area contributed by atoms with Crippen molar-refractivity contribution >= 4 is 33.6 Å². The summed E-state index contributed by atoms with van der Waals surface area (Å²) >= 11 is 0. The van der Waals surface area contributed by atoms with Crippen LogP contribution in [0.15, 0.2) is 16.5 Å². The number of fused-ring (bicyclic) bond motifs is 7. The highest BCUT2D eigenvalue weighted by molar-refractivity contribution is 6.05. The van der Waals surface area contributed by atoms with Crippen LogP contribution >= 0.6 is 0 Å². The van der Waals surface area contributed by atoms with Crippen molar-refractivity contribution in [1.29, 1.82) is 5.26 Å². The van der Waals surface area contributed by atoms with Crippen molar-refractivity contribution < 1.29 is 32.2 Å². The smallest absolute Gasteiger partial charge is 0.318 e. The third-order valence-corrected chi connectivity index (χ3v) is 10.9. The second kappa shape index (κ2) is 12.9. The number of likely N-dealkylation sites (tertiary alicyclic amines) is 1. The molecule has 11 nitrogen and oxygen atoms in total. The molecular formula is C36H40F3N7O4. The number of nitrogen functional groups attached to an aromatic ring is 1. The fourth-order valence-corrected chi connectivity index (χ4v) is 8.96. The number of piperazine rings is 1. The summed E-state index contributed by atoms with van der Waals surface area (Å²) in [7, 11) is 1.42. The molecule has 0 amide bonds. The summed E-state index contributed by atoms with van der Waals surface area (Å²) in [5.74, 6) is -1.09. The zero-order valence-electron chi connectivity index (χ0n) is 28.1. The van der Waals surface area contributed by atoms with E-state index >= 15 is 8.78 Å². The SMILES string of the molecule is COc1nc(N2C3CCC2CN(CC(C)O)C3)c2c3c(c(-c4c(F)ccc5oc(N)c(C#N)c45)c(F)c2n1)COC3.FC1CC2CCCN2C1. The standard InChI is InChI=1S/C29H28F2N6O4.C7H12FN/c1-13(38)8-36-9-14-3-4-15(10-36)37(14)28-23-18-12-40-11-17(18)22(25(31)26(23)34-29(35-28)39-2)24-19(30)5-6-20-21(24)16(7-32)27(33)41-20;8-6-4-7-2-1-3-9(7)5-6/h5-6,13-15,38H,3-4,8-12,33H2,1-2H3;6-7H,1-5H2. The van der Waals surface area contributed by atoms with Crippen LogP contribution in [0.3, 0.4) is 0 Å². The molecule has 0 aliphatic carbocycles. The molecule has 264 valence electrons. The Morgan fingerprint density at radius 1 is 1.06 bits per heavy atom. The van der Waals surface area contributed by atoms with E-state index < -0.39 is 23.9 Å². The van der Waals surface area contributed by atoms with Crippen LogP contribution in [0.5, 0.6) is 6.01 Å². The average molecular weight is 692 g/mol. The maximum atomic E-state index is 16.9. The van der Waals surface area contributed by atoms with Gasteiger partial charge < -0.3 is 29.6 Å². The van der Waals surface area contributed by atoms with Gasteiger partial charge in [0.25, 0.3) is 0 Å². The molecule has 0 spiro atoms. The van der Waals surface area contributed by atoms with E-state index in [4.69, 9.17) is 24.6 Å². The lowest BCUT2D eigenvalue weighted by molar-refractivity contribution is 0.111. The number of aromatic nitrogens is 2. The number of nitrogens with two attached hydrogens (primary N) is 1. The van der Waals surface area contributed by atoms with E-state index in [2.05, 4.69) is 19.7 Å². The van der Waals surface area contributed by atoms with E-state index in [0.29, 0.717) is 41.5 Å². The van der Waals surface area contributed by atoms with Crippen molar-refractivity contribution in [3.8, 4) is 23.2 Å². The largest absolute Gasteiger partial charge is 0.467 e. The molecule has 2 aromatic carbocycles. The van der Waals surface area contributed by atoms with Gasteiger partial charge >= 0.3 is 6.01 Å². The van der Waals surface area contributed by atoms with E-state index in [-0.39, 0.29) is 70.4 Å². The van der Waals surface area contributed by atoms with Gasteiger partial charge in [0, 0.05) is 55.4 Å². The lowest BCUT2D eigenvalue weighted by atomic mass is 9.90. The number of nitriles is 1. The molecule has 0 saturated carbocycles. The first-order valence-corrected chi connectivity index (χ1v) is 17.3. The van der Waals surface area contributed by atoms with Crippen molar-refractivity contribution in [3.05, 3.63) is 40.5 Å². The number of hydrogen-bond donors (Lipinski definition) is 2. The van der Waals surface area contributed by atoms with Crippen LogP contribution in [0.1, 0.15) is 55.7 Å². The van der Waals surface area contributed by atoms with Crippen LogP contribution in [-0.4, -0.2) is 95.1 Å². The fraction of sp³-hybridized carbons (Fsp3) is 0.528. The highest BCUT2D eigenvalue weighted by Gasteiger charge is 2.43. The zero-order valence-corrected chi connectivity index (χ0v) is 28.1. The number of hydrogen-bond acceptors (Lipinski definition) is 11. The number of furan rings is 1. The number of β-amino-alcohol motifs (C(OH)–C–C–N with tert-alkyl or cyclic N) is 1. The first kappa shape index (κ1) is 33.0. The minimum absolute atomic E-state index is 0.00836. The van der Waals surface area contributed by atoms with Crippen molar-refractivity contribution in [3.63, 3.8) is 0 Å². The molecule has 4 aromatic rings. The Balaban J connectivity index is 0.000000346. The second-order valence-corrected chi connectivity index (χ2v) is 14.1. The predicted octanol–water partition coefficient (Wildman–Crippen LogP) is 5.04. The van der Waals surface area contributed by atoms with Gasteiger partial charge in [-0.1, -0.05) is 0 Å². The first-order valence-electron chi connectivity index (χ1n) is 17.3. The summed E-state index contributed by atoms with van der Waals surface area (Å²) in [6.07, 6.45) is 4.24. The number of methoxy groups -OCH3 is 1. The Morgan fingerprint density at radius 2 is 1.82 bits per heavy atom. The van der Waals surface area contributed by atoms with Gasteiger partial charge in [0.1, 0.15) is 40.5 Å². The maximum absolute atomic E-state index is 16.9. The van der Waals surface area contributed by atoms with Crippen LogP contribution in [0.25, 0.3) is 33.0 Å². The minimum Gasteiger partial charge on any atom is -0.467 e. The van der Waals surface area contributed by atoms with Gasteiger partial charge in [0.15, 0.2) is 5.82 Å². The Hall–Kier alpha value is -4.16. The van der Waals surface area contributed by atoms with Gasteiger partial charge in [-0.3, -0.25) is 9.80 Å². The molecule has 0 radical (unpaired) electrons. The van der Waals surface area contributed by atoms with Crippen LogP contribution in [0.2, 0.25) is 0 Å². The number of anilines is 2. The molecule has 5 unspecified atom stereocenters. The lowest BCUT2D eigenvalue weighted by Crippen LogP contribution is -2.55. The molecule has 7 heterocycles. The zero-order chi connectivity index (χ0) is 34.8. The van der Waals surface area contributed by atoms with E-state index in [1.54, 1.807) is 6.92 Å². The highest BCUT2D eigenvalue weighted by atomic mass is 19.1. The molecule has 14 heteroatoms. The topological polar surface area (TPSA) is 137 Å². The van der Waals surface area contributed by atoms with Gasteiger partial charge in [-0.2, -0.15) is 15.2 Å². The van der Waals surface area contributed by atoms with Gasteiger partial charge in [-0.05, 0) is 68.8 Å². The number of rotatable bonds is 5. The van der Waals surface area contributed by atoms with E-state index in [9.17, 15) is 14.8 Å². The Kier molecular flexibility index (Phi) is 8.49.